The Kier molecular flexibility index (Phi) is 10.8. The van der Waals surface area contributed by atoms with Crippen molar-refractivity contribution in [1.29, 1.82) is 0 Å². The number of hydrogen-bond acceptors (Lipinski definition) is 2. The molecule has 0 unspecified atom stereocenters. The molecule has 0 aliphatic carbocycles. The monoisotopic (exact) mass is 668 g/mol. The Hall–Kier alpha value is -2.97. The second-order valence-corrected chi connectivity index (χ2v) is 13.1. The van der Waals surface area contributed by atoms with Gasteiger partial charge in [-0.15, -0.1) is 53.3 Å². The zero-order valence-corrected chi connectivity index (χ0v) is 27.6. The van der Waals surface area contributed by atoms with Crippen LogP contribution in [0, 0.1) is 48.2 Å². The predicted molar refractivity (Wildman–Crippen MR) is 176 cm³/mol. The van der Waals surface area contributed by atoms with E-state index in [0.717, 1.165) is 0 Å². The van der Waals surface area contributed by atoms with Crippen molar-refractivity contribution in [3.05, 3.63) is 143 Å². The van der Waals surface area contributed by atoms with Gasteiger partial charge in [-0.1, -0.05) is 77.4 Å². The number of fused-ring (bicyclic) bond motifs is 1. The Morgan fingerprint density at radius 1 is 0.610 bits per heavy atom. The number of anilines is 2. The largest absolute Gasteiger partial charge is 0.150 e. The van der Waals surface area contributed by atoms with Crippen molar-refractivity contribution in [1.82, 2.24) is 0 Å². The van der Waals surface area contributed by atoms with Gasteiger partial charge in [-0.2, -0.15) is 0 Å². The molecule has 1 aliphatic rings. The summed E-state index contributed by atoms with van der Waals surface area (Å²) in [6, 6.07) is 32.4. The Morgan fingerprint density at radius 3 is 1.54 bits per heavy atom. The summed E-state index contributed by atoms with van der Waals surface area (Å²) in [5, 5.41) is 2.65. The number of rotatable bonds is 3. The first kappa shape index (κ1) is 31.0. The zero-order valence-electron chi connectivity index (χ0n) is 24.4. The molecule has 1 aliphatic heterocycles. The smallest absolute Gasteiger partial charge is 0.0623 e. The molecule has 0 fully saturated rings. The van der Waals surface area contributed by atoms with E-state index in [0.29, 0.717) is 0 Å². The van der Waals surface area contributed by atoms with Crippen molar-refractivity contribution in [3.63, 3.8) is 0 Å². The molecule has 0 N–H and O–H groups in total. The van der Waals surface area contributed by atoms with Gasteiger partial charge in [0.25, 0.3) is 0 Å². The quantitative estimate of drug-likeness (QED) is 0.139. The van der Waals surface area contributed by atoms with Crippen molar-refractivity contribution in [2.24, 2.45) is 0 Å². The first-order valence-corrected chi connectivity index (χ1v) is 18.0. The van der Waals surface area contributed by atoms with Gasteiger partial charge < -0.3 is 9.80 Å². The summed E-state index contributed by atoms with van der Waals surface area (Å²) in [6.45, 7) is 15.2. The zero-order chi connectivity index (χ0) is 29.5. The van der Waals surface area contributed by atoms with Crippen LogP contribution in [0.5, 0.6) is 0 Å². The molecule has 5 aromatic rings. The number of nitrogens with zero attached hydrogens (tertiary/aromatic N) is 2. The number of hydrogen-bond donors (Lipinski definition) is 0. The third-order valence-electron chi connectivity index (χ3n) is 7.19. The Labute approximate surface area is 261 Å². The Bertz CT molecular complexity index is 1530. The average Bonchev–Trinajstić information content (AvgIpc) is 3.57. The number of benzene rings is 4. The SMILES string of the molecule is Cc1cc(C)c(N2C=CN(c3c(C)cc(C)cc3C)[CH-]2)c(C)c1.[Cl][Ru][Cl].c1ccc(-c2c[cH-]c3ccccc23)cc1. The maximum Gasteiger partial charge on any atom is -0.0623 e. The van der Waals surface area contributed by atoms with Crippen molar-refractivity contribution < 1.29 is 15.1 Å². The fourth-order valence-electron chi connectivity index (χ4n) is 5.80. The summed E-state index contributed by atoms with van der Waals surface area (Å²) in [4.78, 5) is 4.45. The fraction of sp³-hybridized carbons (Fsp3) is 0.167. The molecule has 0 radical (unpaired) electrons. The molecule has 0 atom stereocenters. The summed E-state index contributed by atoms with van der Waals surface area (Å²) in [5.41, 5.74) is 13.0. The van der Waals surface area contributed by atoms with Crippen LogP contribution in [0.25, 0.3) is 21.9 Å². The number of aryl methyl sites for hydroxylation is 6. The van der Waals surface area contributed by atoms with Gasteiger partial charge in [0.1, 0.15) is 0 Å². The van der Waals surface area contributed by atoms with Crippen molar-refractivity contribution in [2.75, 3.05) is 9.80 Å². The topological polar surface area (TPSA) is 6.48 Å². The molecule has 0 aromatic heterocycles. The predicted octanol–water partition coefficient (Wildman–Crippen LogP) is 11.1. The summed E-state index contributed by atoms with van der Waals surface area (Å²) in [5.74, 6) is 0. The molecule has 6 rings (SSSR count). The van der Waals surface area contributed by atoms with Gasteiger partial charge in [0, 0.05) is 11.4 Å². The van der Waals surface area contributed by atoms with Gasteiger partial charge in [-0.25, -0.2) is 0 Å². The summed E-state index contributed by atoms with van der Waals surface area (Å²) < 4.78 is 0. The van der Waals surface area contributed by atoms with Crippen LogP contribution in [-0.2, 0) is 15.1 Å². The van der Waals surface area contributed by atoms with E-state index in [-0.39, 0.29) is 15.1 Å². The molecule has 0 saturated carbocycles. The van der Waals surface area contributed by atoms with Crippen LogP contribution in [0.15, 0.2) is 103 Å². The fourth-order valence-corrected chi connectivity index (χ4v) is 5.80. The second kappa shape index (κ2) is 14.3. The maximum absolute atomic E-state index is 4.85. The third kappa shape index (κ3) is 7.46. The molecule has 2 nitrogen and oxygen atoms in total. The molecule has 5 heteroatoms. The minimum absolute atomic E-state index is 0.346. The molecule has 1 heterocycles. The maximum atomic E-state index is 4.85. The van der Waals surface area contributed by atoms with E-state index in [2.05, 4.69) is 161 Å². The molecule has 0 spiro atoms. The van der Waals surface area contributed by atoms with E-state index >= 15 is 0 Å². The molecule has 0 bridgehead atoms. The van der Waals surface area contributed by atoms with Gasteiger partial charge in [-0.3, -0.25) is 0 Å². The summed E-state index contributed by atoms with van der Waals surface area (Å²) in [7, 11) is 9.71. The second-order valence-electron chi connectivity index (χ2n) is 10.5. The van der Waals surface area contributed by atoms with Gasteiger partial charge >= 0.3 is 34.5 Å². The first-order valence-electron chi connectivity index (χ1n) is 13.5. The van der Waals surface area contributed by atoms with Crippen LogP contribution in [0.4, 0.5) is 11.4 Å². The van der Waals surface area contributed by atoms with E-state index in [9.17, 15) is 0 Å². The van der Waals surface area contributed by atoms with E-state index < -0.39 is 0 Å². The Balaban J connectivity index is 0.000000184. The molecule has 41 heavy (non-hydrogen) atoms. The minimum Gasteiger partial charge on any atom is -0.150 e. The molecule has 214 valence electrons. The van der Waals surface area contributed by atoms with Gasteiger partial charge in [0.2, 0.25) is 0 Å². The Morgan fingerprint density at radius 2 is 1.05 bits per heavy atom. The van der Waals surface area contributed by atoms with Crippen LogP contribution in [0.1, 0.15) is 33.4 Å². The standard InChI is InChI=1S/C21H25N2.C15H11.2ClH.Ru/c1-14-9-16(3)20(17(4)10-14)22-7-8-23(13-22)21-18(5)11-15(2)12-19(21)6;1-2-6-12(7-3-1)15-11-10-13-8-4-5-9-14(13)15;;;/h7-13H,1-6H3;1-11H;2*1H;/q2*-1;;;+2/p-2. The van der Waals surface area contributed by atoms with E-state index in [1.165, 1.54) is 66.7 Å². The number of halogens is 2. The van der Waals surface area contributed by atoms with Crippen LogP contribution in [0.3, 0.4) is 0 Å². The summed E-state index contributed by atoms with van der Waals surface area (Å²) >= 11 is -0.346. The summed E-state index contributed by atoms with van der Waals surface area (Å²) in [6.07, 6.45) is 4.28. The van der Waals surface area contributed by atoms with E-state index in [1.807, 2.05) is 0 Å². The molecule has 0 saturated heterocycles. The van der Waals surface area contributed by atoms with E-state index in [4.69, 9.17) is 19.4 Å². The van der Waals surface area contributed by atoms with Gasteiger partial charge in [0.05, 0.1) is 0 Å². The van der Waals surface area contributed by atoms with Gasteiger partial charge in [0.15, 0.2) is 0 Å². The average molecular weight is 669 g/mol. The van der Waals surface area contributed by atoms with Crippen LogP contribution in [-0.4, -0.2) is 0 Å². The normalized spacial score (nSPS) is 12.3. The molecular weight excluding hydrogens is 632 g/mol. The van der Waals surface area contributed by atoms with Crippen molar-refractivity contribution in [3.8, 4) is 11.1 Å². The van der Waals surface area contributed by atoms with Crippen LogP contribution >= 0.6 is 19.4 Å². The first-order chi connectivity index (χ1) is 19.7. The van der Waals surface area contributed by atoms with Crippen molar-refractivity contribution in [2.45, 2.75) is 41.5 Å². The third-order valence-corrected chi connectivity index (χ3v) is 7.19. The van der Waals surface area contributed by atoms with Crippen LogP contribution < -0.4 is 9.80 Å². The van der Waals surface area contributed by atoms with Crippen molar-refractivity contribution >= 4 is 41.5 Å². The van der Waals surface area contributed by atoms with Gasteiger partial charge in [-0.05, 0) is 76.2 Å². The molecule has 0 amide bonds. The molecule has 5 aromatic carbocycles. The van der Waals surface area contributed by atoms with E-state index in [1.54, 1.807) is 0 Å². The molecular formula is C36H36Cl2N2Ru-2. The minimum atomic E-state index is -0.346. The van der Waals surface area contributed by atoms with Crippen LogP contribution in [0.2, 0.25) is 0 Å².